The quantitative estimate of drug-likeness (QED) is 0.850. The van der Waals surface area contributed by atoms with Crippen molar-refractivity contribution in [3.8, 4) is 12.3 Å². The second-order valence-corrected chi connectivity index (χ2v) is 6.65. The van der Waals surface area contributed by atoms with E-state index in [2.05, 4.69) is 40.0 Å². The summed E-state index contributed by atoms with van der Waals surface area (Å²) in [6.45, 7) is 5.79. The van der Waals surface area contributed by atoms with E-state index in [1.54, 1.807) is 0 Å². The van der Waals surface area contributed by atoms with Crippen LogP contribution in [0.1, 0.15) is 32.9 Å². The van der Waals surface area contributed by atoms with Crippen LogP contribution < -0.4 is 10.2 Å². The van der Waals surface area contributed by atoms with Crippen LogP contribution in [0.4, 0.5) is 14.6 Å². The minimum Gasteiger partial charge on any atom is -0.352 e. The van der Waals surface area contributed by atoms with Crippen molar-refractivity contribution >= 4 is 5.82 Å². The molecule has 0 radical (unpaired) electrons. The molecule has 2 saturated heterocycles. The molecule has 2 aliphatic rings. The third-order valence-corrected chi connectivity index (χ3v) is 5.15. The van der Waals surface area contributed by atoms with Crippen LogP contribution in [0.2, 0.25) is 0 Å². The molecule has 2 fully saturated rings. The fourth-order valence-electron chi connectivity index (χ4n) is 3.69. The van der Waals surface area contributed by atoms with E-state index in [0.29, 0.717) is 12.4 Å². The van der Waals surface area contributed by atoms with Crippen molar-refractivity contribution < 1.29 is 8.78 Å². The van der Waals surface area contributed by atoms with Crippen LogP contribution >= 0.6 is 0 Å². The zero-order valence-electron chi connectivity index (χ0n) is 13.0. The van der Waals surface area contributed by atoms with Gasteiger partial charge in [0.2, 0.25) is 0 Å². The van der Waals surface area contributed by atoms with Crippen molar-refractivity contribution in [2.45, 2.75) is 51.2 Å². The van der Waals surface area contributed by atoms with E-state index in [1.165, 1.54) is 12.4 Å². The first kappa shape index (κ1) is 15.2. The lowest BCUT2D eigenvalue weighted by Gasteiger charge is -2.45. The molecule has 2 bridgehead atoms. The summed E-state index contributed by atoms with van der Waals surface area (Å²) in [5.74, 6) is 0.387. The van der Waals surface area contributed by atoms with E-state index in [1.807, 2.05) is 0 Å². The lowest BCUT2D eigenvalue weighted by molar-refractivity contribution is 0.0126. The van der Waals surface area contributed by atoms with Gasteiger partial charge in [0.15, 0.2) is 0 Å². The monoisotopic (exact) mass is 306 g/mol. The lowest BCUT2D eigenvalue weighted by Crippen LogP contribution is -2.53. The molecular weight excluding hydrogens is 286 g/mol. The SMILES string of the molecule is C#C[C@H]1N[C@H]2CN(c3cc(C(C)(F)F)ncn3)C(C)[C@@]1(C)C2. The van der Waals surface area contributed by atoms with Gasteiger partial charge in [0.05, 0.1) is 6.04 Å². The van der Waals surface area contributed by atoms with Gasteiger partial charge >= 0.3 is 0 Å². The first-order chi connectivity index (χ1) is 10.3. The number of hydrogen-bond acceptors (Lipinski definition) is 4. The fraction of sp³-hybridized carbons (Fsp3) is 0.625. The molecule has 6 heteroatoms. The van der Waals surface area contributed by atoms with Gasteiger partial charge in [-0.15, -0.1) is 6.42 Å². The summed E-state index contributed by atoms with van der Waals surface area (Å²) in [6.07, 6.45) is 7.84. The van der Waals surface area contributed by atoms with Crippen LogP contribution in [-0.4, -0.2) is 34.6 Å². The average molecular weight is 306 g/mol. The molecule has 3 rings (SSSR count). The number of aromatic nitrogens is 2. The smallest absolute Gasteiger partial charge is 0.287 e. The minimum atomic E-state index is -2.97. The van der Waals surface area contributed by atoms with Crippen LogP contribution in [0.25, 0.3) is 0 Å². The lowest BCUT2D eigenvalue weighted by atomic mass is 9.73. The number of rotatable bonds is 2. The summed E-state index contributed by atoms with van der Waals surface area (Å²) in [5.41, 5.74) is -0.355. The highest BCUT2D eigenvalue weighted by molar-refractivity contribution is 5.44. The molecule has 0 saturated carbocycles. The first-order valence-electron chi connectivity index (χ1n) is 7.45. The number of piperidine rings is 1. The van der Waals surface area contributed by atoms with E-state index >= 15 is 0 Å². The zero-order valence-corrected chi connectivity index (χ0v) is 13.0. The third-order valence-electron chi connectivity index (χ3n) is 5.15. The summed E-state index contributed by atoms with van der Waals surface area (Å²) >= 11 is 0. The molecule has 0 aromatic carbocycles. The van der Waals surface area contributed by atoms with E-state index in [4.69, 9.17) is 6.42 Å². The Balaban J connectivity index is 1.96. The normalized spacial score (nSPS) is 34.5. The third kappa shape index (κ3) is 2.24. The van der Waals surface area contributed by atoms with Gasteiger partial charge < -0.3 is 4.90 Å². The summed E-state index contributed by atoms with van der Waals surface area (Å²) in [5, 5.41) is 3.45. The Labute approximate surface area is 129 Å². The molecule has 4 nitrogen and oxygen atoms in total. The maximum absolute atomic E-state index is 13.5. The number of terminal acetylenes is 1. The number of nitrogens with one attached hydrogen (secondary N) is 1. The maximum Gasteiger partial charge on any atom is 0.287 e. The van der Waals surface area contributed by atoms with Gasteiger partial charge in [-0.1, -0.05) is 12.8 Å². The molecule has 3 heterocycles. The predicted octanol–water partition coefficient (Wildman–Crippen LogP) is 2.17. The highest BCUT2D eigenvalue weighted by Gasteiger charge is 2.52. The van der Waals surface area contributed by atoms with Crippen LogP contribution in [0.3, 0.4) is 0 Å². The Hall–Kier alpha value is -1.74. The van der Waals surface area contributed by atoms with Crippen LogP contribution in [0, 0.1) is 17.8 Å². The molecule has 2 aliphatic heterocycles. The molecule has 22 heavy (non-hydrogen) atoms. The van der Waals surface area contributed by atoms with Crippen molar-refractivity contribution in [1.82, 2.24) is 15.3 Å². The number of alkyl halides is 2. The molecule has 1 aromatic heterocycles. The summed E-state index contributed by atoms with van der Waals surface area (Å²) in [4.78, 5) is 9.97. The molecule has 118 valence electrons. The zero-order chi connectivity index (χ0) is 16.1. The van der Waals surface area contributed by atoms with E-state index in [9.17, 15) is 8.78 Å². The second-order valence-electron chi connectivity index (χ2n) is 6.65. The van der Waals surface area contributed by atoms with Gasteiger partial charge in [-0.3, -0.25) is 5.32 Å². The second kappa shape index (κ2) is 4.88. The van der Waals surface area contributed by atoms with Crippen molar-refractivity contribution in [3.05, 3.63) is 18.1 Å². The van der Waals surface area contributed by atoms with Crippen molar-refractivity contribution in [2.24, 2.45) is 5.41 Å². The van der Waals surface area contributed by atoms with Gasteiger partial charge in [0.1, 0.15) is 17.8 Å². The summed E-state index contributed by atoms with van der Waals surface area (Å²) < 4.78 is 27.0. The molecule has 0 amide bonds. The maximum atomic E-state index is 13.5. The Morgan fingerprint density at radius 3 is 2.86 bits per heavy atom. The number of hydrogen-bond donors (Lipinski definition) is 1. The van der Waals surface area contributed by atoms with Gasteiger partial charge in [-0.05, 0) is 13.3 Å². The van der Waals surface area contributed by atoms with Gasteiger partial charge in [-0.2, -0.15) is 8.78 Å². The fourth-order valence-corrected chi connectivity index (χ4v) is 3.69. The number of fused-ring (bicyclic) bond motifs is 2. The molecule has 1 aromatic rings. The van der Waals surface area contributed by atoms with Gasteiger partial charge in [0.25, 0.3) is 5.92 Å². The van der Waals surface area contributed by atoms with Gasteiger partial charge in [-0.25, -0.2) is 9.97 Å². The van der Waals surface area contributed by atoms with Crippen LogP contribution in [0.15, 0.2) is 12.4 Å². The molecular formula is C16H20F2N4. The van der Waals surface area contributed by atoms with Crippen LogP contribution in [0.5, 0.6) is 0 Å². The highest BCUT2D eigenvalue weighted by atomic mass is 19.3. The number of halogens is 2. The summed E-state index contributed by atoms with van der Waals surface area (Å²) in [7, 11) is 0. The highest BCUT2D eigenvalue weighted by Crippen LogP contribution is 2.44. The topological polar surface area (TPSA) is 41.0 Å². The Morgan fingerprint density at radius 1 is 1.50 bits per heavy atom. The predicted molar refractivity (Wildman–Crippen MR) is 80.7 cm³/mol. The minimum absolute atomic E-state index is 0.00794. The Kier molecular flexibility index (Phi) is 3.37. The largest absolute Gasteiger partial charge is 0.352 e. The van der Waals surface area contributed by atoms with Crippen LogP contribution in [-0.2, 0) is 5.92 Å². The van der Waals surface area contributed by atoms with Gasteiger partial charge in [0, 0.05) is 37.0 Å². The molecule has 4 atom stereocenters. The van der Waals surface area contributed by atoms with E-state index < -0.39 is 5.92 Å². The summed E-state index contributed by atoms with van der Waals surface area (Å²) in [6, 6.07) is 1.73. The van der Waals surface area contributed by atoms with Crippen molar-refractivity contribution in [2.75, 3.05) is 11.4 Å². The van der Waals surface area contributed by atoms with Crippen molar-refractivity contribution in [3.63, 3.8) is 0 Å². The molecule has 1 unspecified atom stereocenters. The Morgan fingerprint density at radius 2 is 2.23 bits per heavy atom. The molecule has 0 spiro atoms. The average Bonchev–Trinajstić information content (AvgIpc) is 2.75. The first-order valence-corrected chi connectivity index (χ1v) is 7.45. The molecule has 0 aliphatic carbocycles. The van der Waals surface area contributed by atoms with E-state index in [0.717, 1.165) is 13.3 Å². The number of anilines is 1. The number of nitrogens with zero attached hydrogens (tertiary/aromatic N) is 3. The Bertz CT molecular complexity index is 621. The van der Waals surface area contributed by atoms with Crippen molar-refractivity contribution in [1.29, 1.82) is 0 Å². The molecule has 1 N–H and O–H groups in total. The standard InChI is InChI=1S/C16H20F2N4/c1-5-12-15(3)7-11(21-12)8-22(10(15)2)14-6-13(16(4,17)18)19-9-20-14/h1,6,9-12,21H,7-8H2,2-4H3/t10?,11-,12-,15-/m1/s1. The van der Waals surface area contributed by atoms with E-state index in [-0.39, 0.29) is 29.2 Å².